The van der Waals surface area contributed by atoms with Crippen LogP contribution in [0.5, 0.6) is 11.5 Å². The van der Waals surface area contributed by atoms with Crippen LogP contribution in [0.4, 0.5) is 0 Å². The van der Waals surface area contributed by atoms with Gasteiger partial charge in [0.05, 0.1) is 7.11 Å². The first-order valence-electron chi connectivity index (χ1n) is 6.97. The third-order valence-electron chi connectivity index (χ3n) is 3.24. The highest BCUT2D eigenvalue weighted by atomic mass is 35.5. The zero-order valence-corrected chi connectivity index (χ0v) is 12.9. The van der Waals surface area contributed by atoms with E-state index in [4.69, 9.17) is 26.8 Å². The number of halogens is 1. The maximum atomic E-state index is 6.12. The normalized spacial score (nSPS) is 10.4. The summed E-state index contributed by atoms with van der Waals surface area (Å²) in [6.07, 6.45) is 1.90. The second kappa shape index (κ2) is 7.91. The zero-order chi connectivity index (χ0) is 15.1. The van der Waals surface area contributed by atoms with Gasteiger partial charge in [-0.2, -0.15) is 0 Å². The largest absolute Gasteiger partial charge is 0.493 e. The van der Waals surface area contributed by atoms with Crippen LogP contribution in [0.3, 0.4) is 0 Å². The molecule has 21 heavy (non-hydrogen) atoms. The molecule has 0 heterocycles. The summed E-state index contributed by atoms with van der Waals surface area (Å²) in [5.74, 6) is 1.45. The second-order valence-electron chi connectivity index (χ2n) is 4.76. The molecular weight excluding hydrogens is 286 g/mol. The van der Waals surface area contributed by atoms with Crippen LogP contribution in [-0.4, -0.2) is 13.7 Å². The van der Waals surface area contributed by atoms with Crippen LogP contribution in [0.2, 0.25) is 5.02 Å². The second-order valence-corrected chi connectivity index (χ2v) is 5.16. The zero-order valence-electron chi connectivity index (χ0n) is 12.1. The molecule has 0 fully saturated rings. The molecule has 2 aromatic carbocycles. The molecule has 0 aliphatic carbocycles. The van der Waals surface area contributed by atoms with Crippen LogP contribution in [0.15, 0.2) is 42.5 Å². The van der Waals surface area contributed by atoms with E-state index in [-0.39, 0.29) is 0 Å². The lowest BCUT2D eigenvalue weighted by molar-refractivity contribution is 0.284. The lowest BCUT2D eigenvalue weighted by Gasteiger charge is -2.13. The Kier molecular flexibility index (Phi) is 5.90. The van der Waals surface area contributed by atoms with Crippen molar-refractivity contribution in [3.63, 3.8) is 0 Å². The van der Waals surface area contributed by atoms with Crippen molar-refractivity contribution in [2.75, 3.05) is 13.7 Å². The maximum absolute atomic E-state index is 6.12. The molecule has 2 rings (SSSR count). The quantitative estimate of drug-likeness (QED) is 0.846. The van der Waals surface area contributed by atoms with Crippen LogP contribution in [0.1, 0.15) is 17.5 Å². The third-order valence-corrected chi connectivity index (χ3v) is 3.61. The number of aryl methyl sites for hydroxylation is 1. The lowest BCUT2D eigenvalue weighted by atomic mass is 10.1. The Morgan fingerprint density at radius 1 is 1.10 bits per heavy atom. The Morgan fingerprint density at radius 3 is 2.62 bits per heavy atom. The average molecular weight is 306 g/mol. The van der Waals surface area contributed by atoms with Gasteiger partial charge in [0, 0.05) is 10.6 Å². The van der Waals surface area contributed by atoms with Gasteiger partial charge in [-0.1, -0.05) is 35.9 Å². The van der Waals surface area contributed by atoms with Gasteiger partial charge in [0.25, 0.3) is 0 Å². The molecule has 0 aliphatic rings. The molecule has 0 saturated heterocycles. The van der Waals surface area contributed by atoms with Crippen molar-refractivity contribution in [1.29, 1.82) is 0 Å². The fourth-order valence-corrected chi connectivity index (χ4v) is 2.25. The fraction of sp³-hybridized carbons (Fsp3) is 0.294. The first-order chi connectivity index (χ1) is 10.2. The van der Waals surface area contributed by atoms with Gasteiger partial charge in [-0.05, 0) is 43.1 Å². The molecule has 0 amide bonds. The molecule has 0 atom stereocenters. The highest BCUT2D eigenvalue weighted by Crippen LogP contribution is 2.30. The summed E-state index contributed by atoms with van der Waals surface area (Å²) in [5, 5.41) is 0.705. The Hall–Kier alpha value is -1.71. The van der Waals surface area contributed by atoms with Crippen LogP contribution in [0.25, 0.3) is 0 Å². The standard InChI is InChI=1S/C17H20ClNO2/c1-20-17-11-13(5-4-10-19)8-9-16(17)21-12-14-6-2-3-7-15(14)18/h2-3,6-9,11H,4-5,10,12,19H2,1H3. The van der Waals surface area contributed by atoms with Crippen molar-refractivity contribution in [1.82, 2.24) is 0 Å². The van der Waals surface area contributed by atoms with Gasteiger partial charge < -0.3 is 15.2 Å². The van der Waals surface area contributed by atoms with Gasteiger partial charge >= 0.3 is 0 Å². The molecule has 0 saturated carbocycles. The van der Waals surface area contributed by atoms with E-state index in [1.807, 2.05) is 42.5 Å². The summed E-state index contributed by atoms with van der Waals surface area (Å²) in [4.78, 5) is 0. The van der Waals surface area contributed by atoms with Crippen molar-refractivity contribution >= 4 is 11.6 Å². The minimum atomic E-state index is 0.415. The topological polar surface area (TPSA) is 44.5 Å². The SMILES string of the molecule is COc1cc(CCCN)ccc1OCc1ccccc1Cl. The Labute approximate surface area is 130 Å². The molecule has 112 valence electrons. The number of rotatable bonds is 7. The van der Waals surface area contributed by atoms with Gasteiger partial charge in [-0.3, -0.25) is 0 Å². The molecule has 0 aliphatic heterocycles. The van der Waals surface area contributed by atoms with Crippen molar-refractivity contribution in [3.8, 4) is 11.5 Å². The highest BCUT2D eigenvalue weighted by molar-refractivity contribution is 6.31. The number of hydrogen-bond acceptors (Lipinski definition) is 3. The van der Waals surface area contributed by atoms with E-state index in [1.54, 1.807) is 7.11 Å². The fourth-order valence-electron chi connectivity index (χ4n) is 2.06. The Morgan fingerprint density at radius 2 is 1.90 bits per heavy atom. The van der Waals surface area contributed by atoms with E-state index in [0.717, 1.165) is 24.2 Å². The summed E-state index contributed by atoms with van der Waals surface area (Å²) >= 11 is 6.12. The molecule has 0 aromatic heterocycles. The van der Waals surface area contributed by atoms with E-state index < -0.39 is 0 Å². The van der Waals surface area contributed by atoms with E-state index in [1.165, 1.54) is 5.56 Å². The molecule has 2 aromatic rings. The average Bonchev–Trinajstić information content (AvgIpc) is 2.52. The molecule has 3 nitrogen and oxygen atoms in total. The van der Waals surface area contributed by atoms with E-state index in [0.29, 0.717) is 23.9 Å². The molecule has 0 unspecified atom stereocenters. The number of methoxy groups -OCH3 is 1. The highest BCUT2D eigenvalue weighted by Gasteiger charge is 2.07. The van der Waals surface area contributed by atoms with Crippen molar-refractivity contribution in [2.24, 2.45) is 5.73 Å². The first-order valence-corrected chi connectivity index (χ1v) is 7.35. The van der Waals surface area contributed by atoms with Crippen LogP contribution in [-0.2, 0) is 13.0 Å². The van der Waals surface area contributed by atoms with Gasteiger partial charge in [0.2, 0.25) is 0 Å². The summed E-state index contributed by atoms with van der Waals surface area (Å²) in [5.41, 5.74) is 7.68. The summed E-state index contributed by atoms with van der Waals surface area (Å²) < 4.78 is 11.2. The van der Waals surface area contributed by atoms with Gasteiger partial charge in [-0.25, -0.2) is 0 Å². The van der Waals surface area contributed by atoms with Gasteiger partial charge in [0.1, 0.15) is 6.61 Å². The number of ether oxygens (including phenoxy) is 2. The predicted octanol–water partition coefficient (Wildman–Crippen LogP) is 3.82. The maximum Gasteiger partial charge on any atom is 0.161 e. The monoisotopic (exact) mass is 305 g/mol. The van der Waals surface area contributed by atoms with Crippen LogP contribution < -0.4 is 15.2 Å². The lowest BCUT2D eigenvalue weighted by Crippen LogP contribution is -2.01. The number of hydrogen-bond donors (Lipinski definition) is 1. The Bertz CT molecular complexity index is 587. The molecular formula is C17H20ClNO2. The van der Waals surface area contributed by atoms with Crippen molar-refractivity contribution in [3.05, 3.63) is 58.6 Å². The third kappa shape index (κ3) is 4.38. The molecule has 0 spiro atoms. The van der Waals surface area contributed by atoms with Crippen molar-refractivity contribution in [2.45, 2.75) is 19.4 Å². The first kappa shape index (κ1) is 15.7. The minimum absolute atomic E-state index is 0.415. The number of nitrogens with two attached hydrogens (primary N) is 1. The summed E-state index contributed by atoms with van der Waals surface area (Å²) in [6, 6.07) is 13.6. The molecule has 0 radical (unpaired) electrons. The smallest absolute Gasteiger partial charge is 0.161 e. The van der Waals surface area contributed by atoms with E-state index in [9.17, 15) is 0 Å². The number of benzene rings is 2. The van der Waals surface area contributed by atoms with Crippen LogP contribution in [0, 0.1) is 0 Å². The summed E-state index contributed by atoms with van der Waals surface area (Å²) in [6.45, 7) is 1.10. The van der Waals surface area contributed by atoms with E-state index in [2.05, 4.69) is 0 Å². The molecule has 0 bridgehead atoms. The van der Waals surface area contributed by atoms with Crippen molar-refractivity contribution < 1.29 is 9.47 Å². The Balaban J connectivity index is 2.07. The van der Waals surface area contributed by atoms with Gasteiger partial charge in [-0.15, -0.1) is 0 Å². The summed E-state index contributed by atoms with van der Waals surface area (Å²) in [7, 11) is 1.64. The van der Waals surface area contributed by atoms with E-state index >= 15 is 0 Å². The molecule has 2 N–H and O–H groups in total. The minimum Gasteiger partial charge on any atom is -0.493 e. The van der Waals surface area contributed by atoms with Gasteiger partial charge in [0.15, 0.2) is 11.5 Å². The molecule has 4 heteroatoms. The predicted molar refractivity (Wildman–Crippen MR) is 86.2 cm³/mol. The van der Waals surface area contributed by atoms with Crippen LogP contribution >= 0.6 is 11.6 Å².